The molecule has 0 spiro atoms. The van der Waals surface area contributed by atoms with Gasteiger partial charge in [0.2, 0.25) is 0 Å². The van der Waals surface area contributed by atoms with E-state index in [-0.39, 0.29) is 11.7 Å². The van der Waals surface area contributed by atoms with Gasteiger partial charge in [-0.05, 0) is 12.5 Å². The number of ether oxygens (including phenoxy) is 1. The number of rotatable bonds is 3. The number of thioether (sulfide) groups is 1. The molecule has 0 bridgehead atoms. The van der Waals surface area contributed by atoms with Gasteiger partial charge in [0.05, 0.1) is 12.9 Å². The minimum absolute atomic E-state index is 0.250. The van der Waals surface area contributed by atoms with Crippen molar-refractivity contribution in [2.24, 2.45) is 0 Å². The zero-order chi connectivity index (χ0) is 9.68. The standard InChI is InChI=1S/C8H10N2O2S/c1-6-3-9-8(10-4-6)13-5-7(11)12-2/h3-4H,5H2,1-2H3. The molecule has 0 saturated carbocycles. The smallest absolute Gasteiger partial charge is 0.316 e. The predicted molar refractivity (Wildman–Crippen MR) is 49.5 cm³/mol. The van der Waals surface area contributed by atoms with E-state index in [1.165, 1.54) is 18.9 Å². The molecule has 0 amide bonds. The first-order valence-corrected chi connectivity index (χ1v) is 4.69. The van der Waals surface area contributed by atoms with E-state index < -0.39 is 0 Å². The summed E-state index contributed by atoms with van der Waals surface area (Å²) in [5, 5.41) is 0.594. The van der Waals surface area contributed by atoms with Crippen LogP contribution in [0.3, 0.4) is 0 Å². The van der Waals surface area contributed by atoms with Gasteiger partial charge >= 0.3 is 5.97 Å². The van der Waals surface area contributed by atoms with E-state index in [0.29, 0.717) is 5.16 Å². The van der Waals surface area contributed by atoms with Crippen LogP contribution in [-0.2, 0) is 9.53 Å². The fraction of sp³-hybridized carbons (Fsp3) is 0.375. The summed E-state index contributed by atoms with van der Waals surface area (Å²) in [5.74, 6) is -0.0197. The zero-order valence-corrected chi connectivity index (χ0v) is 8.30. The van der Waals surface area contributed by atoms with Crippen LogP contribution in [0.4, 0.5) is 0 Å². The van der Waals surface area contributed by atoms with Gasteiger partial charge in [0.25, 0.3) is 0 Å². The van der Waals surface area contributed by atoms with Crippen molar-refractivity contribution in [3.63, 3.8) is 0 Å². The number of carbonyl (C=O) groups is 1. The van der Waals surface area contributed by atoms with Crippen LogP contribution in [0.2, 0.25) is 0 Å². The van der Waals surface area contributed by atoms with Crippen LogP contribution in [0.25, 0.3) is 0 Å². The molecule has 0 aliphatic rings. The van der Waals surface area contributed by atoms with Gasteiger partial charge in [0.1, 0.15) is 0 Å². The van der Waals surface area contributed by atoms with E-state index in [2.05, 4.69) is 14.7 Å². The van der Waals surface area contributed by atoms with Gasteiger partial charge in [-0.3, -0.25) is 4.79 Å². The average Bonchev–Trinajstić information content (AvgIpc) is 2.16. The zero-order valence-electron chi connectivity index (χ0n) is 7.48. The summed E-state index contributed by atoms with van der Waals surface area (Å²) < 4.78 is 4.48. The highest BCUT2D eigenvalue weighted by molar-refractivity contribution is 7.99. The molecule has 0 radical (unpaired) electrons. The maximum atomic E-state index is 10.8. The second-order valence-electron chi connectivity index (χ2n) is 2.41. The number of carbonyl (C=O) groups excluding carboxylic acids is 1. The predicted octanol–water partition coefficient (Wildman–Crippen LogP) is 1.05. The lowest BCUT2D eigenvalue weighted by Gasteiger charge is -1.98. The highest BCUT2D eigenvalue weighted by Crippen LogP contribution is 2.11. The lowest BCUT2D eigenvalue weighted by molar-refractivity contribution is -0.137. The van der Waals surface area contributed by atoms with Crippen LogP contribution >= 0.6 is 11.8 Å². The Hall–Kier alpha value is -1.10. The maximum absolute atomic E-state index is 10.8. The first-order valence-electron chi connectivity index (χ1n) is 3.70. The lowest BCUT2D eigenvalue weighted by atomic mass is 10.4. The molecule has 0 unspecified atom stereocenters. The number of hydrogen-bond donors (Lipinski definition) is 0. The molecule has 0 aliphatic heterocycles. The number of aryl methyl sites for hydroxylation is 1. The minimum Gasteiger partial charge on any atom is -0.468 e. The first kappa shape index (κ1) is 9.98. The number of aromatic nitrogens is 2. The molecule has 0 saturated heterocycles. The average molecular weight is 198 g/mol. The van der Waals surface area contributed by atoms with E-state index in [1.807, 2.05) is 6.92 Å². The van der Waals surface area contributed by atoms with Crippen LogP contribution in [0.1, 0.15) is 5.56 Å². The first-order chi connectivity index (χ1) is 6.22. The Morgan fingerprint density at radius 3 is 2.69 bits per heavy atom. The largest absolute Gasteiger partial charge is 0.468 e. The highest BCUT2D eigenvalue weighted by atomic mass is 32.2. The summed E-state index contributed by atoms with van der Waals surface area (Å²) in [6, 6.07) is 0. The van der Waals surface area contributed by atoms with Gasteiger partial charge in [-0.1, -0.05) is 11.8 Å². The van der Waals surface area contributed by atoms with Crippen molar-refractivity contribution in [2.75, 3.05) is 12.9 Å². The molecule has 1 rings (SSSR count). The van der Waals surface area contributed by atoms with Crippen molar-refractivity contribution in [1.29, 1.82) is 0 Å². The Balaban J connectivity index is 2.46. The van der Waals surface area contributed by atoms with Gasteiger partial charge in [-0.15, -0.1) is 0 Å². The van der Waals surface area contributed by atoms with Crippen molar-refractivity contribution in [2.45, 2.75) is 12.1 Å². The van der Waals surface area contributed by atoms with Crippen LogP contribution < -0.4 is 0 Å². The Kier molecular flexibility index (Phi) is 3.70. The third-order valence-electron chi connectivity index (χ3n) is 1.30. The van der Waals surface area contributed by atoms with Gasteiger partial charge in [0.15, 0.2) is 5.16 Å². The molecule has 0 aromatic carbocycles. The highest BCUT2D eigenvalue weighted by Gasteiger charge is 2.03. The molecule has 1 aromatic rings. The Bertz CT molecular complexity index is 287. The van der Waals surface area contributed by atoms with Gasteiger partial charge in [-0.25, -0.2) is 9.97 Å². The topological polar surface area (TPSA) is 52.1 Å². The molecular formula is C8H10N2O2S. The second-order valence-corrected chi connectivity index (χ2v) is 3.35. The van der Waals surface area contributed by atoms with Gasteiger partial charge in [0, 0.05) is 12.4 Å². The minimum atomic E-state index is -0.269. The molecule has 0 atom stereocenters. The van der Waals surface area contributed by atoms with E-state index in [4.69, 9.17) is 0 Å². The summed E-state index contributed by atoms with van der Waals surface area (Å²) in [7, 11) is 1.36. The third-order valence-corrected chi connectivity index (χ3v) is 2.15. The second kappa shape index (κ2) is 4.81. The van der Waals surface area contributed by atoms with E-state index in [1.54, 1.807) is 12.4 Å². The summed E-state index contributed by atoms with van der Waals surface area (Å²) in [6.07, 6.45) is 3.43. The van der Waals surface area contributed by atoms with Crippen molar-refractivity contribution in [1.82, 2.24) is 9.97 Å². The van der Waals surface area contributed by atoms with Crippen LogP contribution in [0.15, 0.2) is 17.6 Å². The molecule has 1 aromatic heterocycles. The van der Waals surface area contributed by atoms with Gasteiger partial charge < -0.3 is 4.74 Å². The van der Waals surface area contributed by atoms with Crippen molar-refractivity contribution in [3.8, 4) is 0 Å². The molecule has 13 heavy (non-hydrogen) atoms. The Morgan fingerprint density at radius 2 is 2.15 bits per heavy atom. The monoisotopic (exact) mass is 198 g/mol. The third kappa shape index (κ3) is 3.42. The number of esters is 1. The quantitative estimate of drug-likeness (QED) is 0.413. The maximum Gasteiger partial charge on any atom is 0.316 e. The summed E-state index contributed by atoms with van der Waals surface area (Å²) >= 11 is 1.27. The molecule has 4 nitrogen and oxygen atoms in total. The summed E-state index contributed by atoms with van der Waals surface area (Å²) in [6.45, 7) is 1.91. The lowest BCUT2D eigenvalue weighted by Crippen LogP contribution is -2.03. The number of nitrogens with zero attached hydrogens (tertiary/aromatic N) is 2. The Labute approximate surface area is 80.7 Å². The summed E-state index contributed by atoms with van der Waals surface area (Å²) in [5.41, 5.74) is 1.00. The van der Waals surface area contributed by atoms with Crippen LogP contribution in [0, 0.1) is 6.92 Å². The molecule has 0 aliphatic carbocycles. The Morgan fingerprint density at radius 1 is 1.54 bits per heavy atom. The SMILES string of the molecule is COC(=O)CSc1ncc(C)cn1. The number of methoxy groups -OCH3 is 1. The van der Waals surface area contributed by atoms with Gasteiger partial charge in [-0.2, -0.15) is 0 Å². The molecule has 1 heterocycles. The summed E-state index contributed by atoms with van der Waals surface area (Å²) in [4.78, 5) is 18.8. The molecule has 70 valence electrons. The molecule has 5 heteroatoms. The molecular weight excluding hydrogens is 188 g/mol. The van der Waals surface area contributed by atoms with E-state index in [9.17, 15) is 4.79 Å². The van der Waals surface area contributed by atoms with Crippen molar-refractivity contribution >= 4 is 17.7 Å². The van der Waals surface area contributed by atoms with E-state index in [0.717, 1.165) is 5.56 Å². The van der Waals surface area contributed by atoms with Crippen LogP contribution in [0.5, 0.6) is 0 Å². The number of hydrogen-bond acceptors (Lipinski definition) is 5. The normalized spacial score (nSPS) is 9.69. The van der Waals surface area contributed by atoms with E-state index >= 15 is 0 Å². The fourth-order valence-corrected chi connectivity index (χ4v) is 1.26. The molecule has 0 N–H and O–H groups in total. The molecule has 0 fully saturated rings. The van der Waals surface area contributed by atoms with Crippen LogP contribution in [-0.4, -0.2) is 28.8 Å². The van der Waals surface area contributed by atoms with Crippen molar-refractivity contribution < 1.29 is 9.53 Å². The van der Waals surface area contributed by atoms with Crippen molar-refractivity contribution in [3.05, 3.63) is 18.0 Å². The fourth-order valence-electron chi connectivity index (χ4n) is 0.638.